The van der Waals surface area contributed by atoms with Crippen molar-refractivity contribution in [3.05, 3.63) is 53.2 Å². The van der Waals surface area contributed by atoms with Crippen LogP contribution in [0.5, 0.6) is 5.88 Å². The molecule has 2 aromatic rings. The molecule has 0 saturated carbocycles. The second kappa shape index (κ2) is 8.74. The zero-order valence-corrected chi connectivity index (χ0v) is 15.6. The maximum Gasteiger partial charge on any atom is 0.433 e. The predicted molar refractivity (Wildman–Crippen MR) is 97.3 cm³/mol. The van der Waals surface area contributed by atoms with Gasteiger partial charge in [0.25, 0.3) is 0 Å². The first-order valence-electron chi connectivity index (χ1n) is 8.98. The summed E-state index contributed by atoms with van der Waals surface area (Å²) < 4.78 is 50.6. The largest absolute Gasteiger partial charge is 0.465 e. The van der Waals surface area contributed by atoms with E-state index in [1.54, 1.807) is 30.3 Å². The lowest BCUT2D eigenvalue weighted by atomic mass is 9.99. The molecular weight excluding hydrogens is 409 g/mol. The monoisotopic (exact) mass is 430 g/mol. The molecule has 0 radical (unpaired) electrons. The van der Waals surface area contributed by atoms with E-state index in [4.69, 9.17) is 14.6 Å². The zero-order valence-electron chi connectivity index (χ0n) is 15.6. The van der Waals surface area contributed by atoms with E-state index in [1.165, 1.54) is 0 Å². The van der Waals surface area contributed by atoms with Crippen LogP contribution in [0.3, 0.4) is 0 Å². The maximum atomic E-state index is 13.4. The molecule has 0 unspecified atom stereocenters. The third-order valence-corrected chi connectivity index (χ3v) is 4.80. The van der Waals surface area contributed by atoms with Crippen molar-refractivity contribution in [1.29, 1.82) is 0 Å². The molecule has 11 heteroatoms. The van der Waals surface area contributed by atoms with Gasteiger partial charge < -0.3 is 29.9 Å². The van der Waals surface area contributed by atoms with E-state index >= 15 is 0 Å². The molecule has 1 aliphatic rings. The number of ether oxygens (including phenoxy) is 2. The number of halogens is 3. The van der Waals surface area contributed by atoms with Crippen molar-refractivity contribution in [2.24, 2.45) is 0 Å². The number of rotatable bonds is 6. The van der Waals surface area contributed by atoms with Crippen LogP contribution in [0, 0.1) is 0 Å². The number of nitrogens with one attached hydrogen (secondary N) is 1. The average molecular weight is 430 g/mol. The van der Waals surface area contributed by atoms with Crippen LogP contribution in [-0.2, 0) is 17.3 Å². The molecule has 0 bridgehead atoms. The quantitative estimate of drug-likeness (QED) is 0.460. The first-order valence-corrected chi connectivity index (χ1v) is 8.98. The molecule has 1 aromatic carbocycles. The minimum atomic E-state index is -4.76. The number of aliphatic hydroxyl groups excluding tert-OH is 4. The minimum absolute atomic E-state index is 0.209. The van der Waals surface area contributed by atoms with E-state index in [2.05, 4.69) is 11.7 Å². The van der Waals surface area contributed by atoms with Crippen molar-refractivity contribution < 1.29 is 43.1 Å². The molecule has 5 N–H and O–H groups in total. The summed E-state index contributed by atoms with van der Waals surface area (Å²) >= 11 is 0. The Balaban J connectivity index is 1.91. The Bertz CT molecular complexity index is 870. The minimum Gasteiger partial charge on any atom is -0.465 e. The topological polar surface area (TPSA) is 128 Å². The van der Waals surface area contributed by atoms with Crippen molar-refractivity contribution >= 4 is 6.08 Å². The number of H-pyrrole nitrogens is 1. The molecule has 30 heavy (non-hydrogen) atoms. The summed E-state index contributed by atoms with van der Waals surface area (Å²) in [5, 5.41) is 44.7. The van der Waals surface area contributed by atoms with Crippen LogP contribution in [-0.4, -0.2) is 67.9 Å². The van der Waals surface area contributed by atoms with Crippen LogP contribution in [0.4, 0.5) is 13.2 Å². The Morgan fingerprint density at radius 2 is 1.83 bits per heavy atom. The highest BCUT2D eigenvalue weighted by molar-refractivity contribution is 5.48. The SMILES string of the molecule is C=Cc1ccc(Cc2c(O[C@@H]3[C@@H](O)[C@H](O)[C@@H](CO)O[C@H]3O)n[nH]c2C(F)(F)F)cc1. The summed E-state index contributed by atoms with van der Waals surface area (Å²) in [5.74, 6) is -0.503. The van der Waals surface area contributed by atoms with Gasteiger partial charge in [0, 0.05) is 6.42 Å². The smallest absolute Gasteiger partial charge is 0.433 e. The summed E-state index contributed by atoms with van der Waals surface area (Å²) in [5.41, 5.74) is -0.165. The van der Waals surface area contributed by atoms with Crippen molar-refractivity contribution in [2.45, 2.75) is 43.3 Å². The van der Waals surface area contributed by atoms with Gasteiger partial charge in [0.05, 0.1) is 12.2 Å². The van der Waals surface area contributed by atoms with Gasteiger partial charge in [0.1, 0.15) is 24.0 Å². The normalized spacial score (nSPS) is 27.1. The summed E-state index contributed by atoms with van der Waals surface area (Å²) in [7, 11) is 0. The van der Waals surface area contributed by atoms with Crippen LogP contribution in [0.25, 0.3) is 6.08 Å². The molecule has 1 aliphatic heterocycles. The number of alkyl halides is 3. The number of aromatic amines is 1. The van der Waals surface area contributed by atoms with E-state index in [0.29, 0.717) is 5.56 Å². The fraction of sp³-hybridized carbons (Fsp3) is 0.421. The Hall–Kier alpha value is -2.44. The molecule has 3 rings (SSSR count). The van der Waals surface area contributed by atoms with Crippen LogP contribution in [0.1, 0.15) is 22.4 Å². The fourth-order valence-corrected chi connectivity index (χ4v) is 3.15. The van der Waals surface area contributed by atoms with Crippen LogP contribution in [0.2, 0.25) is 0 Å². The van der Waals surface area contributed by atoms with E-state index in [0.717, 1.165) is 5.56 Å². The lowest BCUT2D eigenvalue weighted by Gasteiger charge is -2.39. The summed E-state index contributed by atoms with van der Waals surface area (Å²) in [6.45, 7) is 2.93. The predicted octanol–water partition coefficient (Wildman–Crippen LogP) is 0.841. The van der Waals surface area contributed by atoms with Crippen LogP contribution in [0.15, 0.2) is 30.8 Å². The molecule has 0 amide bonds. The van der Waals surface area contributed by atoms with Gasteiger partial charge >= 0.3 is 6.18 Å². The third kappa shape index (κ3) is 4.50. The Labute approximate surface area is 169 Å². The van der Waals surface area contributed by atoms with Gasteiger partial charge in [0.15, 0.2) is 12.4 Å². The molecule has 0 aliphatic carbocycles. The molecule has 1 aromatic heterocycles. The first kappa shape index (κ1) is 22.2. The Morgan fingerprint density at radius 1 is 1.17 bits per heavy atom. The molecule has 164 valence electrons. The maximum absolute atomic E-state index is 13.4. The number of aliphatic hydroxyl groups is 4. The standard InChI is InChI=1S/C19H21F3N2O6/c1-2-9-3-5-10(6-4-9)7-11-16(19(20,21)22)23-24-17(11)30-15-14(27)13(26)12(8-25)29-18(15)28/h2-6,12-15,18,25-28H,1,7-8H2,(H,23,24)/t12-,13-,14+,15-,18-/m1/s1. The molecule has 0 spiro atoms. The van der Waals surface area contributed by atoms with Gasteiger partial charge in [-0.05, 0) is 11.1 Å². The molecule has 8 nitrogen and oxygen atoms in total. The van der Waals surface area contributed by atoms with E-state index in [-0.39, 0.29) is 12.0 Å². The van der Waals surface area contributed by atoms with Crippen LogP contribution >= 0.6 is 0 Å². The van der Waals surface area contributed by atoms with Crippen molar-refractivity contribution in [3.8, 4) is 5.88 Å². The van der Waals surface area contributed by atoms with Crippen molar-refractivity contribution in [3.63, 3.8) is 0 Å². The average Bonchev–Trinajstić information content (AvgIpc) is 3.11. The summed E-state index contributed by atoms with van der Waals surface area (Å²) in [4.78, 5) is 0. The number of benzene rings is 1. The van der Waals surface area contributed by atoms with Gasteiger partial charge in [-0.2, -0.15) is 13.2 Å². The lowest BCUT2D eigenvalue weighted by molar-refractivity contribution is -0.281. The molecular formula is C19H21F3N2O6. The number of hydrogen-bond donors (Lipinski definition) is 5. The van der Waals surface area contributed by atoms with Crippen molar-refractivity contribution in [1.82, 2.24) is 10.2 Å². The van der Waals surface area contributed by atoms with Gasteiger partial charge in [-0.3, -0.25) is 5.10 Å². The van der Waals surface area contributed by atoms with E-state index < -0.39 is 55.1 Å². The van der Waals surface area contributed by atoms with E-state index in [9.17, 15) is 28.5 Å². The summed E-state index contributed by atoms with van der Waals surface area (Å²) in [6, 6.07) is 6.61. The number of nitrogens with zero attached hydrogens (tertiary/aromatic N) is 1. The van der Waals surface area contributed by atoms with Gasteiger partial charge in [0.2, 0.25) is 5.88 Å². The summed E-state index contributed by atoms with van der Waals surface area (Å²) in [6.07, 6.45) is -11.5. The van der Waals surface area contributed by atoms with Gasteiger partial charge in [-0.1, -0.05) is 36.9 Å². The van der Waals surface area contributed by atoms with Gasteiger partial charge in [-0.15, -0.1) is 5.10 Å². The second-order valence-electron chi connectivity index (χ2n) is 6.81. The Morgan fingerprint density at radius 3 is 2.40 bits per heavy atom. The van der Waals surface area contributed by atoms with Gasteiger partial charge in [-0.25, -0.2) is 0 Å². The Kier molecular flexibility index (Phi) is 6.48. The fourth-order valence-electron chi connectivity index (χ4n) is 3.15. The highest BCUT2D eigenvalue weighted by Crippen LogP contribution is 2.36. The molecule has 1 fully saturated rings. The molecule has 5 atom stereocenters. The lowest BCUT2D eigenvalue weighted by Crippen LogP contribution is -2.60. The highest BCUT2D eigenvalue weighted by Gasteiger charge is 2.46. The second-order valence-corrected chi connectivity index (χ2v) is 6.81. The molecule has 2 heterocycles. The number of hydrogen-bond acceptors (Lipinski definition) is 7. The highest BCUT2D eigenvalue weighted by atomic mass is 19.4. The first-order chi connectivity index (χ1) is 14.2. The number of aromatic nitrogens is 2. The third-order valence-electron chi connectivity index (χ3n) is 4.80. The van der Waals surface area contributed by atoms with E-state index in [1.807, 2.05) is 5.10 Å². The molecule has 1 saturated heterocycles. The zero-order chi connectivity index (χ0) is 22.1. The van der Waals surface area contributed by atoms with Crippen molar-refractivity contribution in [2.75, 3.05) is 6.61 Å². The van der Waals surface area contributed by atoms with Crippen LogP contribution < -0.4 is 4.74 Å².